The van der Waals surface area contributed by atoms with Gasteiger partial charge < -0.3 is 4.52 Å². The second-order valence-corrected chi connectivity index (χ2v) is 9.74. The summed E-state index contributed by atoms with van der Waals surface area (Å²) in [6.07, 6.45) is 0. The molecule has 0 aliphatic carbocycles. The number of benzene rings is 2. The van der Waals surface area contributed by atoms with Crippen LogP contribution >= 0.6 is 0 Å². The molecule has 2 aromatic carbocycles. The third-order valence-electron chi connectivity index (χ3n) is 5.38. The first kappa shape index (κ1) is 20.7. The molecule has 1 fully saturated rings. The number of hydrogen-bond acceptors (Lipinski definition) is 7. The molecule has 2 heterocycles. The fourth-order valence-corrected chi connectivity index (χ4v) is 4.80. The molecule has 0 saturated carbocycles. The maximum absolute atomic E-state index is 12.5. The van der Waals surface area contributed by atoms with Gasteiger partial charge in [-0.05, 0) is 19.1 Å². The number of aryl methyl sites for hydroxylation is 1. The van der Waals surface area contributed by atoms with Gasteiger partial charge in [-0.1, -0.05) is 53.2 Å². The summed E-state index contributed by atoms with van der Waals surface area (Å²) >= 11 is 0. The van der Waals surface area contributed by atoms with E-state index in [4.69, 9.17) is 4.52 Å². The molecule has 8 heteroatoms. The summed E-state index contributed by atoms with van der Waals surface area (Å²) in [6, 6.07) is 16.7. The van der Waals surface area contributed by atoms with Gasteiger partial charge in [0.15, 0.2) is 9.84 Å². The Morgan fingerprint density at radius 3 is 2.30 bits per heavy atom. The zero-order valence-electron chi connectivity index (χ0n) is 17.1. The van der Waals surface area contributed by atoms with E-state index in [1.54, 1.807) is 24.3 Å². The average molecular weight is 427 g/mol. The lowest BCUT2D eigenvalue weighted by atomic mass is 10.1. The second kappa shape index (κ2) is 9.07. The Hall–Kier alpha value is -2.55. The van der Waals surface area contributed by atoms with E-state index in [0.717, 1.165) is 31.7 Å². The molecule has 30 heavy (non-hydrogen) atoms. The van der Waals surface area contributed by atoms with E-state index >= 15 is 0 Å². The maximum atomic E-state index is 12.5. The molecule has 0 unspecified atom stereocenters. The molecule has 1 aliphatic heterocycles. The number of rotatable bonds is 7. The molecular weight excluding hydrogens is 400 g/mol. The van der Waals surface area contributed by atoms with Crippen LogP contribution in [0.2, 0.25) is 0 Å². The van der Waals surface area contributed by atoms with Crippen molar-refractivity contribution in [2.75, 3.05) is 38.5 Å². The van der Waals surface area contributed by atoms with Crippen molar-refractivity contribution in [3.05, 3.63) is 66.1 Å². The van der Waals surface area contributed by atoms with Gasteiger partial charge in [0.25, 0.3) is 0 Å². The van der Waals surface area contributed by atoms with Crippen molar-refractivity contribution in [2.45, 2.75) is 18.4 Å². The minimum absolute atomic E-state index is 0.139. The van der Waals surface area contributed by atoms with E-state index in [-0.39, 0.29) is 5.75 Å². The Kier molecular flexibility index (Phi) is 6.26. The topological polar surface area (TPSA) is 79.5 Å². The smallest absolute Gasteiger partial charge is 0.241 e. The van der Waals surface area contributed by atoms with Crippen LogP contribution in [0.3, 0.4) is 0 Å². The van der Waals surface area contributed by atoms with Gasteiger partial charge in [-0.15, -0.1) is 0 Å². The minimum atomic E-state index is -3.24. The van der Waals surface area contributed by atoms with Crippen LogP contribution in [0.25, 0.3) is 11.4 Å². The first-order valence-electron chi connectivity index (χ1n) is 10.1. The molecule has 7 nitrogen and oxygen atoms in total. The van der Waals surface area contributed by atoms with Crippen LogP contribution in [-0.4, -0.2) is 66.8 Å². The van der Waals surface area contributed by atoms with Crippen LogP contribution in [0.1, 0.15) is 11.5 Å². The standard InChI is InChI=1S/C22H26N4O3S/c1-18-7-9-19(10-8-18)22-23-21(29-24-22)17-26-13-11-25(12-14-26)15-16-30(27,28)20-5-3-2-4-6-20/h2-10H,11-17H2,1H3. The average Bonchev–Trinajstić information content (AvgIpc) is 3.23. The molecule has 1 saturated heterocycles. The van der Waals surface area contributed by atoms with Crippen molar-refractivity contribution in [1.29, 1.82) is 0 Å². The quantitative estimate of drug-likeness (QED) is 0.575. The predicted octanol–water partition coefficient (Wildman–Crippen LogP) is 2.64. The normalized spacial score (nSPS) is 16.0. The van der Waals surface area contributed by atoms with Crippen molar-refractivity contribution in [2.24, 2.45) is 0 Å². The summed E-state index contributed by atoms with van der Waals surface area (Å²) in [4.78, 5) is 9.36. The highest BCUT2D eigenvalue weighted by Gasteiger charge is 2.22. The lowest BCUT2D eigenvalue weighted by molar-refractivity contribution is 0.121. The van der Waals surface area contributed by atoms with Crippen molar-refractivity contribution >= 4 is 9.84 Å². The fourth-order valence-electron chi connectivity index (χ4n) is 3.50. The molecule has 0 radical (unpaired) electrons. The van der Waals surface area contributed by atoms with Gasteiger partial charge in [0.2, 0.25) is 11.7 Å². The summed E-state index contributed by atoms with van der Waals surface area (Å²) in [6.45, 7) is 6.52. The zero-order chi connectivity index (χ0) is 21.0. The molecule has 0 spiro atoms. The maximum Gasteiger partial charge on any atom is 0.241 e. The molecular formula is C22H26N4O3S. The Morgan fingerprint density at radius 2 is 1.60 bits per heavy atom. The highest BCUT2D eigenvalue weighted by molar-refractivity contribution is 7.91. The molecule has 0 atom stereocenters. The van der Waals surface area contributed by atoms with Crippen LogP contribution in [0.15, 0.2) is 64.0 Å². The van der Waals surface area contributed by atoms with Crippen LogP contribution < -0.4 is 0 Å². The lowest BCUT2D eigenvalue weighted by Crippen LogP contribution is -2.47. The van der Waals surface area contributed by atoms with Gasteiger partial charge in [-0.2, -0.15) is 4.98 Å². The van der Waals surface area contributed by atoms with Crippen molar-refractivity contribution in [1.82, 2.24) is 19.9 Å². The van der Waals surface area contributed by atoms with Gasteiger partial charge in [0.1, 0.15) is 0 Å². The van der Waals surface area contributed by atoms with Gasteiger partial charge in [-0.25, -0.2) is 8.42 Å². The Labute approximate surface area is 177 Å². The van der Waals surface area contributed by atoms with Crippen LogP contribution in [0, 0.1) is 6.92 Å². The highest BCUT2D eigenvalue weighted by atomic mass is 32.2. The minimum Gasteiger partial charge on any atom is -0.338 e. The Bertz CT molecular complexity index is 1060. The summed E-state index contributed by atoms with van der Waals surface area (Å²) in [5.74, 6) is 1.35. The monoisotopic (exact) mass is 426 g/mol. The lowest BCUT2D eigenvalue weighted by Gasteiger charge is -2.33. The summed E-state index contributed by atoms with van der Waals surface area (Å²) in [7, 11) is -3.24. The number of piperazine rings is 1. The van der Waals surface area contributed by atoms with Gasteiger partial charge in [0.05, 0.1) is 17.2 Å². The second-order valence-electron chi connectivity index (χ2n) is 7.63. The molecule has 0 bridgehead atoms. The van der Waals surface area contributed by atoms with E-state index in [2.05, 4.69) is 19.9 Å². The van der Waals surface area contributed by atoms with Crippen LogP contribution in [0.4, 0.5) is 0 Å². The van der Waals surface area contributed by atoms with E-state index in [1.807, 2.05) is 37.3 Å². The van der Waals surface area contributed by atoms with E-state index in [1.165, 1.54) is 5.56 Å². The molecule has 158 valence electrons. The third-order valence-corrected chi connectivity index (χ3v) is 7.09. The third kappa shape index (κ3) is 5.13. The molecule has 0 N–H and O–H groups in total. The number of sulfone groups is 1. The molecule has 3 aromatic rings. The van der Waals surface area contributed by atoms with Gasteiger partial charge in [-0.3, -0.25) is 9.80 Å². The van der Waals surface area contributed by atoms with Crippen molar-refractivity contribution in [3.8, 4) is 11.4 Å². The van der Waals surface area contributed by atoms with E-state index < -0.39 is 9.84 Å². The van der Waals surface area contributed by atoms with E-state index in [9.17, 15) is 8.42 Å². The molecule has 1 aliphatic rings. The Balaban J connectivity index is 1.26. The Morgan fingerprint density at radius 1 is 0.933 bits per heavy atom. The SMILES string of the molecule is Cc1ccc(-c2noc(CN3CCN(CCS(=O)(=O)c4ccccc4)CC3)n2)cc1. The summed E-state index contributed by atoms with van der Waals surface area (Å²) in [5.41, 5.74) is 2.14. The fraction of sp³-hybridized carbons (Fsp3) is 0.364. The predicted molar refractivity (Wildman–Crippen MR) is 115 cm³/mol. The van der Waals surface area contributed by atoms with Crippen LogP contribution in [0.5, 0.6) is 0 Å². The molecule has 4 rings (SSSR count). The van der Waals surface area contributed by atoms with Crippen molar-refractivity contribution in [3.63, 3.8) is 0 Å². The van der Waals surface area contributed by atoms with Gasteiger partial charge >= 0.3 is 0 Å². The number of hydrogen-bond donors (Lipinski definition) is 0. The highest BCUT2D eigenvalue weighted by Crippen LogP contribution is 2.17. The first-order chi connectivity index (χ1) is 14.5. The summed E-state index contributed by atoms with van der Waals surface area (Å²) in [5, 5.41) is 4.09. The number of nitrogens with zero attached hydrogens (tertiary/aromatic N) is 4. The molecule has 0 amide bonds. The number of aromatic nitrogens is 2. The molecule has 1 aromatic heterocycles. The van der Waals surface area contributed by atoms with Crippen LogP contribution in [-0.2, 0) is 16.4 Å². The van der Waals surface area contributed by atoms with Crippen molar-refractivity contribution < 1.29 is 12.9 Å². The zero-order valence-corrected chi connectivity index (χ0v) is 17.9. The first-order valence-corrected chi connectivity index (χ1v) is 11.8. The summed E-state index contributed by atoms with van der Waals surface area (Å²) < 4.78 is 30.3. The van der Waals surface area contributed by atoms with E-state index in [0.29, 0.717) is 29.7 Å². The van der Waals surface area contributed by atoms with Gasteiger partial charge in [0, 0.05) is 38.3 Å². The largest absolute Gasteiger partial charge is 0.338 e.